The van der Waals surface area contributed by atoms with Gasteiger partial charge in [0.05, 0.1) is 24.9 Å². The Morgan fingerprint density at radius 1 is 1.20 bits per heavy atom. The minimum absolute atomic E-state index is 0.0587. The first-order chi connectivity index (χ1) is 9.58. The van der Waals surface area contributed by atoms with E-state index in [4.69, 9.17) is 4.74 Å². The van der Waals surface area contributed by atoms with Gasteiger partial charge in [0.15, 0.2) is 0 Å². The fraction of sp³-hybridized carbons (Fsp3) is 0.846. The Morgan fingerprint density at radius 3 is 2.75 bits per heavy atom. The number of aliphatic hydroxyl groups is 1. The molecule has 20 heavy (non-hydrogen) atoms. The molecule has 2 amide bonds. The molecule has 3 aliphatic rings. The number of likely N-dealkylation sites (tertiary alicyclic amines) is 1. The molecule has 0 aromatic heterocycles. The first-order valence-corrected chi connectivity index (χ1v) is 7.17. The van der Waals surface area contributed by atoms with Crippen LogP contribution in [-0.2, 0) is 9.53 Å². The van der Waals surface area contributed by atoms with Crippen LogP contribution in [0.1, 0.15) is 25.7 Å². The van der Waals surface area contributed by atoms with E-state index in [-0.39, 0.29) is 31.1 Å². The van der Waals surface area contributed by atoms with E-state index in [0.717, 1.165) is 19.3 Å². The predicted molar refractivity (Wildman–Crippen MR) is 68.2 cm³/mol. The van der Waals surface area contributed by atoms with Crippen LogP contribution in [0.25, 0.3) is 0 Å². The van der Waals surface area contributed by atoms with Crippen LogP contribution in [0.3, 0.4) is 0 Å². The third-order valence-electron chi connectivity index (χ3n) is 4.54. The highest BCUT2D eigenvalue weighted by Crippen LogP contribution is 2.31. The van der Waals surface area contributed by atoms with Crippen molar-refractivity contribution in [2.45, 2.75) is 50.0 Å². The van der Waals surface area contributed by atoms with Gasteiger partial charge in [0.1, 0.15) is 6.04 Å². The summed E-state index contributed by atoms with van der Waals surface area (Å²) < 4.78 is 5.66. The predicted octanol–water partition coefficient (Wildman–Crippen LogP) is -0.120. The van der Waals surface area contributed by atoms with Gasteiger partial charge in [-0.3, -0.25) is 0 Å². The number of carboxylic acid groups (broad SMARTS) is 1. The van der Waals surface area contributed by atoms with Gasteiger partial charge in [-0.1, -0.05) is 0 Å². The third-order valence-corrected chi connectivity index (χ3v) is 4.54. The Balaban J connectivity index is 1.75. The van der Waals surface area contributed by atoms with Crippen molar-refractivity contribution < 1.29 is 24.5 Å². The maximum Gasteiger partial charge on any atom is 0.326 e. The van der Waals surface area contributed by atoms with Gasteiger partial charge in [0.25, 0.3) is 0 Å². The number of carbonyl (C=O) groups excluding carboxylic acids is 1. The number of nitrogens with zero attached hydrogens (tertiary/aromatic N) is 2. The van der Waals surface area contributed by atoms with Gasteiger partial charge in [0.2, 0.25) is 0 Å². The monoisotopic (exact) mass is 284 g/mol. The lowest BCUT2D eigenvalue weighted by Crippen LogP contribution is -2.57. The maximum atomic E-state index is 12.6. The summed E-state index contributed by atoms with van der Waals surface area (Å²) in [4.78, 5) is 26.9. The van der Waals surface area contributed by atoms with Crippen molar-refractivity contribution in [1.29, 1.82) is 0 Å². The normalized spacial score (nSPS) is 37.0. The molecule has 112 valence electrons. The van der Waals surface area contributed by atoms with E-state index in [1.807, 2.05) is 0 Å². The van der Waals surface area contributed by atoms with Gasteiger partial charge in [-0.05, 0) is 19.3 Å². The van der Waals surface area contributed by atoms with E-state index in [0.29, 0.717) is 13.2 Å². The first kappa shape index (κ1) is 13.6. The van der Waals surface area contributed by atoms with Crippen LogP contribution < -0.4 is 0 Å². The molecule has 1 saturated carbocycles. The summed E-state index contributed by atoms with van der Waals surface area (Å²) >= 11 is 0. The highest BCUT2D eigenvalue weighted by Gasteiger charge is 2.45. The Bertz CT molecular complexity index is 416. The highest BCUT2D eigenvalue weighted by atomic mass is 16.5. The largest absolute Gasteiger partial charge is 0.480 e. The molecule has 7 nitrogen and oxygen atoms in total. The van der Waals surface area contributed by atoms with Crippen LogP contribution >= 0.6 is 0 Å². The van der Waals surface area contributed by atoms with Crippen LogP contribution in [0.5, 0.6) is 0 Å². The molecule has 2 saturated heterocycles. The summed E-state index contributed by atoms with van der Waals surface area (Å²) in [5, 5.41) is 18.8. The second-order valence-corrected chi connectivity index (χ2v) is 5.78. The fourth-order valence-corrected chi connectivity index (χ4v) is 3.59. The quantitative estimate of drug-likeness (QED) is 0.700. The van der Waals surface area contributed by atoms with Crippen molar-refractivity contribution in [2.24, 2.45) is 0 Å². The zero-order valence-electron chi connectivity index (χ0n) is 11.3. The van der Waals surface area contributed by atoms with Crippen LogP contribution in [0.4, 0.5) is 4.79 Å². The lowest BCUT2D eigenvalue weighted by atomic mass is 10.1. The van der Waals surface area contributed by atoms with Crippen molar-refractivity contribution in [1.82, 2.24) is 9.80 Å². The summed E-state index contributed by atoms with van der Waals surface area (Å²) in [6.07, 6.45) is 2.34. The molecule has 3 fully saturated rings. The summed E-state index contributed by atoms with van der Waals surface area (Å²) in [5.74, 6) is -1.05. The van der Waals surface area contributed by atoms with E-state index >= 15 is 0 Å². The number of urea groups is 1. The summed E-state index contributed by atoms with van der Waals surface area (Å²) in [6.45, 7) is 1.10. The molecular formula is C13H20N2O5. The van der Waals surface area contributed by atoms with Crippen LogP contribution in [0, 0.1) is 0 Å². The van der Waals surface area contributed by atoms with Gasteiger partial charge < -0.3 is 24.7 Å². The number of β-amino-alcohol motifs (C(OH)–C–C–N with tert-alkyl or cyclic N) is 1. The molecule has 0 aromatic rings. The Hall–Kier alpha value is -1.34. The molecule has 2 N–H and O–H groups in total. The highest BCUT2D eigenvalue weighted by molar-refractivity contribution is 5.83. The summed E-state index contributed by atoms with van der Waals surface area (Å²) in [5.41, 5.74) is 0. The molecule has 0 spiro atoms. The Labute approximate surface area is 117 Å². The van der Waals surface area contributed by atoms with Gasteiger partial charge >= 0.3 is 12.0 Å². The number of ether oxygens (including phenoxy) is 1. The number of aliphatic carboxylic acids is 1. The average Bonchev–Trinajstić information content (AvgIpc) is 3.03. The lowest BCUT2D eigenvalue weighted by molar-refractivity contribution is -0.141. The third kappa shape index (κ3) is 2.25. The smallest absolute Gasteiger partial charge is 0.326 e. The van der Waals surface area contributed by atoms with E-state index in [1.165, 1.54) is 4.90 Å². The van der Waals surface area contributed by atoms with Crippen molar-refractivity contribution in [2.75, 3.05) is 19.7 Å². The fourth-order valence-electron chi connectivity index (χ4n) is 3.59. The van der Waals surface area contributed by atoms with Crippen molar-refractivity contribution in [3.63, 3.8) is 0 Å². The summed E-state index contributed by atoms with van der Waals surface area (Å²) in [6, 6.07) is -1.13. The number of aliphatic hydroxyl groups excluding tert-OH is 1. The number of carboxylic acids is 1. The lowest BCUT2D eigenvalue weighted by Gasteiger charge is -2.40. The molecule has 0 bridgehead atoms. The van der Waals surface area contributed by atoms with Crippen molar-refractivity contribution in [3.8, 4) is 0 Å². The molecule has 2 unspecified atom stereocenters. The van der Waals surface area contributed by atoms with Gasteiger partial charge in [-0.2, -0.15) is 0 Å². The van der Waals surface area contributed by atoms with Crippen LogP contribution in [0.2, 0.25) is 0 Å². The van der Waals surface area contributed by atoms with Crippen LogP contribution in [-0.4, -0.2) is 76.0 Å². The molecule has 4 atom stereocenters. The standard InChI is InChI=1S/C13H20N2O5/c16-8-6-10(12(17)18)15(7-8)13(19)14-4-5-20-11-3-1-2-9(11)14/h8-11,16H,1-7H2,(H,17,18)/t8-,9?,10+,11?/m1/s1. The molecule has 7 heteroatoms. The molecule has 3 rings (SSSR count). The number of hydrogen-bond acceptors (Lipinski definition) is 4. The van der Waals surface area contributed by atoms with Crippen LogP contribution in [0.15, 0.2) is 0 Å². The zero-order valence-corrected chi connectivity index (χ0v) is 11.3. The first-order valence-electron chi connectivity index (χ1n) is 7.17. The average molecular weight is 284 g/mol. The second kappa shape index (κ2) is 5.21. The molecule has 2 heterocycles. The second-order valence-electron chi connectivity index (χ2n) is 5.78. The van der Waals surface area contributed by atoms with Gasteiger partial charge in [0, 0.05) is 19.5 Å². The van der Waals surface area contributed by atoms with Crippen molar-refractivity contribution in [3.05, 3.63) is 0 Å². The van der Waals surface area contributed by atoms with E-state index < -0.39 is 18.1 Å². The number of carbonyl (C=O) groups is 2. The molecular weight excluding hydrogens is 264 g/mol. The minimum atomic E-state index is -1.05. The SMILES string of the molecule is O=C(O)[C@@H]1C[C@@H](O)CN1C(=O)N1CCOC2CCCC21. The molecule has 1 aliphatic carbocycles. The topological polar surface area (TPSA) is 90.3 Å². The van der Waals surface area contributed by atoms with E-state index in [9.17, 15) is 19.8 Å². The molecule has 0 aromatic carbocycles. The van der Waals surface area contributed by atoms with Gasteiger partial charge in [-0.15, -0.1) is 0 Å². The van der Waals surface area contributed by atoms with Gasteiger partial charge in [-0.25, -0.2) is 9.59 Å². The number of fused-ring (bicyclic) bond motifs is 1. The summed E-state index contributed by atoms with van der Waals surface area (Å²) in [7, 11) is 0. The number of morpholine rings is 1. The van der Waals surface area contributed by atoms with E-state index in [2.05, 4.69) is 0 Å². The Morgan fingerprint density at radius 2 is 2.00 bits per heavy atom. The number of amides is 2. The maximum absolute atomic E-state index is 12.6. The number of hydrogen-bond donors (Lipinski definition) is 2. The van der Waals surface area contributed by atoms with Crippen molar-refractivity contribution >= 4 is 12.0 Å². The molecule has 0 radical (unpaired) electrons. The molecule has 2 aliphatic heterocycles. The zero-order chi connectivity index (χ0) is 14.3. The van der Waals surface area contributed by atoms with E-state index in [1.54, 1.807) is 4.90 Å². The number of rotatable bonds is 1. The Kier molecular flexibility index (Phi) is 3.55. The minimum Gasteiger partial charge on any atom is -0.480 e.